The molecule has 0 bridgehead atoms. The minimum absolute atomic E-state index is 0.0488. The average molecular weight is 381 g/mol. The van der Waals surface area contributed by atoms with Crippen molar-refractivity contribution < 1.29 is 23.2 Å². The van der Waals surface area contributed by atoms with E-state index in [1.807, 2.05) is 6.07 Å². The molecule has 0 spiro atoms. The number of carbonyl (C=O) groups is 1. The molecule has 0 radical (unpaired) electrons. The summed E-state index contributed by atoms with van der Waals surface area (Å²) in [4.78, 5) is 18.5. The van der Waals surface area contributed by atoms with Crippen LogP contribution >= 0.6 is 0 Å². The molecule has 142 valence electrons. The van der Waals surface area contributed by atoms with Crippen molar-refractivity contribution in [1.29, 1.82) is 0 Å². The first-order chi connectivity index (χ1) is 13.7. The third-order valence-electron chi connectivity index (χ3n) is 4.87. The van der Waals surface area contributed by atoms with Gasteiger partial charge in [0.25, 0.3) is 0 Å². The van der Waals surface area contributed by atoms with Crippen LogP contribution in [0.15, 0.2) is 47.0 Å². The van der Waals surface area contributed by atoms with Gasteiger partial charge in [0.1, 0.15) is 19.0 Å². The molecule has 1 fully saturated rings. The fourth-order valence-corrected chi connectivity index (χ4v) is 3.48. The zero-order valence-electron chi connectivity index (χ0n) is 14.8. The van der Waals surface area contributed by atoms with Gasteiger partial charge >= 0.3 is 0 Å². The summed E-state index contributed by atoms with van der Waals surface area (Å²) < 4.78 is 30.4. The number of carbonyl (C=O) groups excluding carboxylic acids is 1. The topological polar surface area (TPSA) is 77.7 Å². The van der Waals surface area contributed by atoms with Crippen molar-refractivity contribution in [2.24, 2.45) is 0 Å². The van der Waals surface area contributed by atoms with Gasteiger partial charge in [0.2, 0.25) is 17.6 Å². The van der Waals surface area contributed by atoms with Crippen molar-refractivity contribution in [3.05, 3.63) is 54.2 Å². The monoisotopic (exact) mass is 381 g/mol. The van der Waals surface area contributed by atoms with E-state index in [1.54, 1.807) is 35.2 Å². The lowest BCUT2D eigenvalue weighted by Gasteiger charge is -2.22. The van der Waals surface area contributed by atoms with E-state index >= 15 is 0 Å². The van der Waals surface area contributed by atoms with Crippen LogP contribution in [0, 0.1) is 5.82 Å². The molecule has 1 saturated heterocycles. The van der Waals surface area contributed by atoms with E-state index in [2.05, 4.69) is 10.1 Å². The van der Waals surface area contributed by atoms with E-state index in [4.69, 9.17) is 14.0 Å². The lowest BCUT2D eigenvalue weighted by atomic mass is 10.1. The summed E-state index contributed by atoms with van der Waals surface area (Å²) in [6, 6.07) is 11.7. The Kier molecular flexibility index (Phi) is 3.96. The highest BCUT2D eigenvalue weighted by Crippen LogP contribution is 2.37. The van der Waals surface area contributed by atoms with Crippen LogP contribution in [-0.4, -0.2) is 35.8 Å². The normalized spacial score (nSPS) is 18.5. The first-order valence-corrected chi connectivity index (χ1v) is 8.97. The van der Waals surface area contributed by atoms with Gasteiger partial charge in [-0.25, -0.2) is 4.39 Å². The summed E-state index contributed by atoms with van der Waals surface area (Å²) in [7, 11) is 0. The number of hydrogen-bond donors (Lipinski definition) is 0. The number of amides is 1. The maximum Gasteiger partial charge on any atom is 0.232 e. The zero-order chi connectivity index (χ0) is 19.1. The van der Waals surface area contributed by atoms with Gasteiger partial charge in [-0.1, -0.05) is 17.3 Å². The molecule has 2 aliphatic heterocycles. The molecule has 2 aromatic carbocycles. The fourth-order valence-electron chi connectivity index (χ4n) is 3.48. The van der Waals surface area contributed by atoms with E-state index < -0.39 is 5.82 Å². The molecule has 2 aliphatic rings. The molecule has 1 aromatic heterocycles. The molecule has 3 aromatic rings. The third-order valence-corrected chi connectivity index (χ3v) is 4.87. The molecule has 0 saturated carbocycles. The Morgan fingerprint density at radius 1 is 1.07 bits per heavy atom. The second-order valence-corrected chi connectivity index (χ2v) is 6.67. The summed E-state index contributed by atoms with van der Waals surface area (Å²) >= 11 is 0. The molecule has 5 rings (SSSR count). The summed E-state index contributed by atoms with van der Waals surface area (Å²) in [6.45, 7) is 1.39. The minimum atomic E-state index is -0.421. The van der Waals surface area contributed by atoms with E-state index in [1.165, 1.54) is 6.07 Å². The van der Waals surface area contributed by atoms with E-state index in [-0.39, 0.29) is 29.6 Å². The number of benzene rings is 2. The van der Waals surface area contributed by atoms with E-state index in [0.29, 0.717) is 37.1 Å². The average Bonchev–Trinajstić information content (AvgIpc) is 3.35. The van der Waals surface area contributed by atoms with Gasteiger partial charge in [-0.15, -0.1) is 0 Å². The number of ether oxygens (including phenoxy) is 2. The zero-order valence-corrected chi connectivity index (χ0v) is 14.8. The third kappa shape index (κ3) is 2.87. The highest BCUT2D eigenvalue weighted by atomic mass is 19.1. The fraction of sp³-hybridized carbons (Fsp3) is 0.250. The van der Waals surface area contributed by atoms with Crippen LogP contribution in [0.3, 0.4) is 0 Å². The van der Waals surface area contributed by atoms with Crippen LogP contribution in [0.25, 0.3) is 11.4 Å². The predicted octanol–water partition coefficient (Wildman–Crippen LogP) is 3.17. The number of nitrogens with zero attached hydrogens (tertiary/aromatic N) is 3. The highest BCUT2D eigenvalue weighted by Gasteiger charge is 2.35. The van der Waals surface area contributed by atoms with Crippen LogP contribution in [-0.2, 0) is 4.79 Å². The Labute approximate surface area is 159 Å². The lowest BCUT2D eigenvalue weighted by Crippen LogP contribution is -2.24. The maximum atomic E-state index is 13.9. The number of halogens is 1. The molecule has 0 N–H and O–H groups in total. The molecule has 8 heteroatoms. The van der Waals surface area contributed by atoms with E-state index in [0.717, 1.165) is 5.69 Å². The Morgan fingerprint density at radius 2 is 1.89 bits per heavy atom. The van der Waals surface area contributed by atoms with Crippen LogP contribution in [0.4, 0.5) is 10.1 Å². The molecular formula is C20H16FN3O4. The Hall–Kier alpha value is -3.42. The van der Waals surface area contributed by atoms with Gasteiger partial charge < -0.3 is 18.9 Å². The van der Waals surface area contributed by atoms with Crippen LogP contribution in [0.2, 0.25) is 0 Å². The Morgan fingerprint density at radius 3 is 2.75 bits per heavy atom. The highest BCUT2D eigenvalue weighted by molar-refractivity contribution is 5.96. The van der Waals surface area contributed by atoms with Crippen molar-refractivity contribution in [3.8, 4) is 22.9 Å². The molecular weight excluding hydrogens is 365 g/mol. The van der Waals surface area contributed by atoms with Gasteiger partial charge in [0.05, 0.1) is 11.5 Å². The van der Waals surface area contributed by atoms with E-state index in [9.17, 15) is 9.18 Å². The first-order valence-electron chi connectivity index (χ1n) is 8.97. The summed E-state index contributed by atoms with van der Waals surface area (Å²) in [5, 5.41) is 3.88. The number of hydrogen-bond acceptors (Lipinski definition) is 6. The number of anilines is 1. The van der Waals surface area contributed by atoms with Crippen molar-refractivity contribution in [2.75, 3.05) is 24.7 Å². The van der Waals surface area contributed by atoms with Crippen LogP contribution in [0.1, 0.15) is 18.2 Å². The second kappa shape index (κ2) is 6.63. The lowest BCUT2D eigenvalue weighted by molar-refractivity contribution is -0.117. The van der Waals surface area contributed by atoms with Crippen molar-refractivity contribution >= 4 is 11.6 Å². The van der Waals surface area contributed by atoms with Gasteiger partial charge in [-0.2, -0.15) is 4.98 Å². The molecule has 1 unspecified atom stereocenters. The number of fused-ring (bicyclic) bond motifs is 1. The molecule has 7 nitrogen and oxygen atoms in total. The van der Waals surface area contributed by atoms with Crippen molar-refractivity contribution in [3.63, 3.8) is 0 Å². The SMILES string of the molecule is O=C1CC(c2nc(-c3ccccc3F)no2)CN1c1ccc2c(c1)OCCO2. The van der Waals surface area contributed by atoms with Crippen LogP contribution in [0.5, 0.6) is 11.5 Å². The van der Waals surface area contributed by atoms with Gasteiger partial charge in [0, 0.05) is 24.7 Å². The summed E-state index contributed by atoms with van der Waals surface area (Å²) in [6.07, 6.45) is 0.243. The molecule has 1 amide bonds. The molecule has 0 aliphatic carbocycles. The van der Waals surface area contributed by atoms with Crippen molar-refractivity contribution in [2.45, 2.75) is 12.3 Å². The smallest absolute Gasteiger partial charge is 0.232 e. The standard InChI is InChI=1S/C20H16FN3O4/c21-15-4-2-1-3-14(15)19-22-20(28-23-19)12-9-18(25)24(11-12)13-5-6-16-17(10-13)27-8-7-26-16/h1-6,10,12H,7-9,11H2. The van der Waals surface area contributed by atoms with Gasteiger partial charge in [-0.05, 0) is 24.3 Å². The number of aromatic nitrogens is 2. The van der Waals surface area contributed by atoms with Gasteiger partial charge in [-0.3, -0.25) is 4.79 Å². The predicted molar refractivity (Wildman–Crippen MR) is 96.8 cm³/mol. The quantitative estimate of drug-likeness (QED) is 0.694. The molecule has 28 heavy (non-hydrogen) atoms. The van der Waals surface area contributed by atoms with Crippen molar-refractivity contribution in [1.82, 2.24) is 10.1 Å². The molecule has 3 heterocycles. The summed E-state index contributed by atoms with van der Waals surface area (Å²) in [5.41, 5.74) is 0.996. The Balaban J connectivity index is 1.38. The maximum absolute atomic E-state index is 13.9. The number of rotatable bonds is 3. The minimum Gasteiger partial charge on any atom is -0.486 e. The van der Waals surface area contributed by atoms with Gasteiger partial charge in [0.15, 0.2) is 11.5 Å². The largest absolute Gasteiger partial charge is 0.486 e. The summed E-state index contributed by atoms with van der Waals surface area (Å²) in [5.74, 6) is 1.07. The molecule has 1 atom stereocenters. The van der Waals surface area contributed by atoms with Crippen LogP contribution < -0.4 is 14.4 Å². The second-order valence-electron chi connectivity index (χ2n) is 6.67. The Bertz CT molecular complexity index is 1050. The first kappa shape index (κ1) is 16.7.